The third kappa shape index (κ3) is 5.00. The number of ether oxygens (including phenoxy) is 2. The van der Waals surface area contributed by atoms with Crippen molar-refractivity contribution in [2.24, 2.45) is 0 Å². The number of rotatable bonds is 4. The lowest BCUT2D eigenvalue weighted by Crippen LogP contribution is -2.52. The van der Waals surface area contributed by atoms with Crippen LogP contribution in [0.15, 0.2) is 66.7 Å². The monoisotopic (exact) mass is 578 g/mol. The Morgan fingerprint density at radius 1 is 0.950 bits per heavy atom. The number of aryl methyl sites for hydroxylation is 1. The molecule has 1 fully saturated rings. The lowest BCUT2D eigenvalue weighted by molar-refractivity contribution is -0.122. The second-order valence-electron chi connectivity index (χ2n) is 9.93. The fraction of sp³-hybridized carbons (Fsp3) is 0.312. The molecule has 8 heteroatoms. The highest BCUT2D eigenvalue weighted by atomic mass is 35.5. The maximum atomic E-state index is 14.2. The molecule has 0 unspecified atom stereocenters. The molecule has 3 aromatic rings. The topological polar surface area (TPSA) is 76.7 Å². The zero-order valence-corrected chi connectivity index (χ0v) is 24.2. The van der Waals surface area contributed by atoms with E-state index in [0.29, 0.717) is 45.8 Å². The summed E-state index contributed by atoms with van der Waals surface area (Å²) in [6.07, 6.45) is 3.02. The minimum Gasteiger partial charge on any atom is -0.490 e. The van der Waals surface area contributed by atoms with Crippen LogP contribution in [0.5, 0.6) is 5.75 Å². The van der Waals surface area contributed by atoms with Crippen molar-refractivity contribution in [1.29, 1.82) is 0 Å². The third-order valence-electron chi connectivity index (χ3n) is 7.51. The predicted molar refractivity (Wildman–Crippen MR) is 159 cm³/mol. The van der Waals surface area contributed by atoms with Gasteiger partial charge in [-0.3, -0.25) is 9.59 Å². The Morgan fingerprint density at radius 3 is 2.45 bits per heavy atom. The van der Waals surface area contributed by atoms with Crippen molar-refractivity contribution in [3.05, 3.63) is 99.0 Å². The van der Waals surface area contributed by atoms with Gasteiger partial charge in [0.15, 0.2) is 0 Å². The smallest absolute Gasteiger partial charge is 0.244 e. The van der Waals surface area contributed by atoms with E-state index in [1.807, 2.05) is 57.2 Å². The van der Waals surface area contributed by atoms with E-state index < -0.39 is 11.5 Å². The van der Waals surface area contributed by atoms with E-state index in [1.165, 1.54) is 6.08 Å². The summed E-state index contributed by atoms with van der Waals surface area (Å²) in [5.74, 6) is 0.0728. The largest absolute Gasteiger partial charge is 0.490 e. The molecule has 2 amide bonds. The molecule has 2 atom stereocenters. The molecule has 3 aliphatic heterocycles. The minimum atomic E-state index is -1.29. The average Bonchev–Trinajstić information content (AvgIpc) is 3.23. The van der Waals surface area contributed by atoms with Crippen LogP contribution in [0.25, 0.3) is 5.57 Å². The van der Waals surface area contributed by atoms with Gasteiger partial charge in [-0.25, -0.2) is 0 Å². The van der Waals surface area contributed by atoms with E-state index in [4.69, 9.17) is 32.7 Å². The van der Waals surface area contributed by atoms with Gasteiger partial charge in [-0.2, -0.15) is 0 Å². The van der Waals surface area contributed by atoms with Crippen LogP contribution in [0.4, 0.5) is 5.69 Å². The molecule has 0 saturated carbocycles. The lowest BCUT2D eigenvalue weighted by Gasteiger charge is -2.42. The summed E-state index contributed by atoms with van der Waals surface area (Å²) in [4.78, 5) is 27.5. The maximum absolute atomic E-state index is 14.2. The molecule has 208 valence electrons. The van der Waals surface area contributed by atoms with Crippen LogP contribution in [-0.2, 0) is 19.7 Å². The van der Waals surface area contributed by atoms with Crippen LogP contribution in [0, 0.1) is 6.92 Å². The number of hydrogen-bond acceptors (Lipinski definition) is 4. The highest BCUT2D eigenvalue weighted by Crippen LogP contribution is 2.56. The highest BCUT2D eigenvalue weighted by Gasteiger charge is 2.58. The van der Waals surface area contributed by atoms with Crippen molar-refractivity contribution in [3.63, 3.8) is 0 Å². The second-order valence-corrected chi connectivity index (χ2v) is 10.8. The van der Waals surface area contributed by atoms with Gasteiger partial charge in [0.1, 0.15) is 17.3 Å². The number of amides is 2. The van der Waals surface area contributed by atoms with E-state index in [-0.39, 0.29) is 17.9 Å². The van der Waals surface area contributed by atoms with Crippen LogP contribution in [-0.4, -0.2) is 31.1 Å². The molecule has 3 heterocycles. The van der Waals surface area contributed by atoms with Crippen LogP contribution in [0.2, 0.25) is 10.0 Å². The fourth-order valence-electron chi connectivity index (χ4n) is 5.81. The summed E-state index contributed by atoms with van der Waals surface area (Å²) in [7, 11) is 0. The highest BCUT2D eigenvalue weighted by molar-refractivity contribution is 6.32. The summed E-state index contributed by atoms with van der Waals surface area (Å²) in [6.45, 7) is 7.25. The van der Waals surface area contributed by atoms with Gasteiger partial charge in [0.25, 0.3) is 0 Å². The SMILES string of the molecule is CC.Cc1ccc(OC2CCOCC2)c([C@H]2NC(=O)C=C(c3cccc(Cl)c3)[C@]23C(=O)Nc2cc(Cl)ccc23)c1. The Bertz CT molecular complexity index is 1480. The Labute approximate surface area is 244 Å². The number of hydrogen-bond donors (Lipinski definition) is 2. The van der Waals surface area contributed by atoms with Crippen molar-refractivity contribution in [1.82, 2.24) is 5.32 Å². The molecule has 0 aliphatic carbocycles. The first-order valence-electron chi connectivity index (χ1n) is 13.6. The predicted octanol–water partition coefficient (Wildman–Crippen LogP) is 7.03. The summed E-state index contributed by atoms with van der Waals surface area (Å²) >= 11 is 12.7. The quantitative estimate of drug-likeness (QED) is 0.348. The molecule has 2 N–H and O–H groups in total. The number of carbonyl (C=O) groups excluding carboxylic acids is 2. The molecule has 1 spiro atoms. The summed E-state index contributed by atoms with van der Waals surface area (Å²) in [5, 5.41) is 7.17. The minimum absolute atomic E-state index is 0.0214. The standard InChI is InChI=1S/C30H26Cl2N2O4.C2H6/c1-17-5-8-26(38-21-9-11-37-12-10-21)22(13-17)28-30(23-7-6-20(32)15-25(23)33-29(30)36)24(16-27(35)34-28)18-3-2-4-19(31)14-18;1-2/h2-8,13-16,21,28H,9-12H2,1H3,(H,33,36)(H,34,35);1-2H3/t28-,30+;/m1./s1. The Hall–Kier alpha value is -3.32. The maximum Gasteiger partial charge on any atom is 0.244 e. The van der Waals surface area contributed by atoms with Crippen molar-refractivity contribution < 1.29 is 19.1 Å². The molecule has 0 aromatic heterocycles. The Morgan fingerprint density at radius 2 is 1.70 bits per heavy atom. The average molecular weight is 580 g/mol. The van der Waals surface area contributed by atoms with Crippen molar-refractivity contribution in [2.75, 3.05) is 18.5 Å². The summed E-state index contributed by atoms with van der Waals surface area (Å²) in [6, 6.07) is 17.7. The first kappa shape index (κ1) is 28.2. The molecule has 0 radical (unpaired) electrons. The third-order valence-corrected chi connectivity index (χ3v) is 7.98. The molecular weight excluding hydrogens is 547 g/mol. The Balaban J connectivity index is 0.00000158. The van der Waals surface area contributed by atoms with Crippen molar-refractivity contribution in [3.8, 4) is 5.75 Å². The van der Waals surface area contributed by atoms with Gasteiger partial charge >= 0.3 is 0 Å². The molecule has 1 saturated heterocycles. The summed E-state index contributed by atoms with van der Waals surface area (Å²) in [5.41, 5.74) is 3.01. The van der Waals surface area contributed by atoms with Crippen molar-refractivity contribution in [2.45, 2.75) is 51.2 Å². The summed E-state index contributed by atoms with van der Waals surface area (Å²) < 4.78 is 12.0. The number of nitrogens with one attached hydrogen (secondary N) is 2. The van der Waals surface area contributed by atoms with Crippen LogP contribution >= 0.6 is 23.2 Å². The first-order chi connectivity index (χ1) is 19.4. The number of fused-ring (bicyclic) bond motifs is 2. The zero-order chi connectivity index (χ0) is 28.4. The van der Waals surface area contributed by atoms with E-state index in [1.54, 1.807) is 24.3 Å². The molecule has 0 bridgehead atoms. The molecule has 3 aliphatic rings. The molecule has 3 aromatic carbocycles. The van der Waals surface area contributed by atoms with E-state index >= 15 is 0 Å². The molecular formula is C32H32Cl2N2O4. The van der Waals surface area contributed by atoms with E-state index in [0.717, 1.165) is 29.5 Å². The van der Waals surface area contributed by atoms with Gasteiger partial charge in [-0.1, -0.05) is 72.9 Å². The van der Waals surface area contributed by atoms with Gasteiger partial charge in [-0.15, -0.1) is 0 Å². The van der Waals surface area contributed by atoms with Crippen molar-refractivity contribution >= 4 is 46.3 Å². The second kappa shape index (κ2) is 11.7. The number of anilines is 1. The van der Waals surface area contributed by atoms with Gasteiger partial charge < -0.3 is 20.1 Å². The van der Waals surface area contributed by atoms with Gasteiger partial charge in [0.2, 0.25) is 11.8 Å². The lowest BCUT2D eigenvalue weighted by atomic mass is 9.63. The van der Waals surface area contributed by atoms with Crippen LogP contribution in [0.3, 0.4) is 0 Å². The normalized spacial score (nSPS) is 22.0. The van der Waals surface area contributed by atoms with Gasteiger partial charge in [0, 0.05) is 40.2 Å². The molecule has 6 nitrogen and oxygen atoms in total. The Kier molecular flexibility index (Phi) is 8.22. The fourth-order valence-corrected chi connectivity index (χ4v) is 6.17. The van der Waals surface area contributed by atoms with E-state index in [9.17, 15) is 9.59 Å². The van der Waals surface area contributed by atoms with Crippen LogP contribution < -0.4 is 15.4 Å². The van der Waals surface area contributed by atoms with Crippen LogP contribution in [0.1, 0.15) is 55.0 Å². The van der Waals surface area contributed by atoms with Gasteiger partial charge in [0.05, 0.1) is 19.3 Å². The zero-order valence-electron chi connectivity index (χ0n) is 22.7. The first-order valence-corrected chi connectivity index (χ1v) is 14.4. The number of halogens is 2. The molecule has 40 heavy (non-hydrogen) atoms. The van der Waals surface area contributed by atoms with E-state index in [2.05, 4.69) is 10.6 Å². The number of benzene rings is 3. The van der Waals surface area contributed by atoms with Gasteiger partial charge in [-0.05, 0) is 54.0 Å². The molecule has 6 rings (SSSR count). The number of carbonyl (C=O) groups is 2.